The zero-order chi connectivity index (χ0) is 12.8. The molecule has 0 fully saturated rings. The molecule has 0 saturated heterocycles. The molecule has 5 nitrogen and oxygen atoms in total. The number of aromatic nitrogens is 4. The van der Waals surface area contributed by atoms with Crippen molar-refractivity contribution < 1.29 is 0 Å². The summed E-state index contributed by atoms with van der Waals surface area (Å²) in [5.41, 5.74) is 8.04. The maximum absolute atomic E-state index is 5.44. The van der Waals surface area contributed by atoms with Gasteiger partial charge in [0.15, 0.2) is 5.82 Å². The average molecular weight is 245 g/mol. The Hall–Kier alpha value is -1.75. The first-order chi connectivity index (χ1) is 8.78. The van der Waals surface area contributed by atoms with Crippen LogP contribution in [0.2, 0.25) is 0 Å². The SMILES string of the molecule is Cc1cccc(CCc2nnn(CCCN)n2)c1. The molecule has 2 rings (SSSR count). The minimum atomic E-state index is 0.653. The van der Waals surface area contributed by atoms with Crippen molar-refractivity contribution in [2.24, 2.45) is 5.73 Å². The molecule has 0 aliphatic rings. The smallest absolute Gasteiger partial charge is 0.175 e. The highest BCUT2D eigenvalue weighted by Gasteiger charge is 2.03. The number of hydrogen-bond donors (Lipinski definition) is 1. The predicted molar refractivity (Wildman–Crippen MR) is 70.1 cm³/mol. The largest absolute Gasteiger partial charge is 0.330 e. The van der Waals surface area contributed by atoms with Crippen LogP contribution in [0, 0.1) is 6.92 Å². The molecule has 0 saturated carbocycles. The van der Waals surface area contributed by atoms with Crippen molar-refractivity contribution in [3.63, 3.8) is 0 Å². The second kappa shape index (κ2) is 6.26. The second-order valence-electron chi connectivity index (χ2n) is 4.43. The van der Waals surface area contributed by atoms with Gasteiger partial charge < -0.3 is 5.73 Å². The number of aryl methyl sites for hydroxylation is 4. The fraction of sp³-hybridized carbons (Fsp3) is 0.462. The van der Waals surface area contributed by atoms with E-state index in [9.17, 15) is 0 Å². The van der Waals surface area contributed by atoms with E-state index >= 15 is 0 Å². The Balaban J connectivity index is 1.88. The number of tetrazole rings is 1. The van der Waals surface area contributed by atoms with Crippen molar-refractivity contribution in [1.29, 1.82) is 0 Å². The number of benzene rings is 1. The molecule has 0 unspecified atom stereocenters. The molecular weight excluding hydrogens is 226 g/mol. The van der Waals surface area contributed by atoms with E-state index in [1.54, 1.807) is 4.80 Å². The highest BCUT2D eigenvalue weighted by Crippen LogP contribution is 2.06. The zero-order valence-corrected chi connectivity index (χ0v) is 10.7. The Morgan fingerprint density at radius 2 is 2.17 bits per heavy atom. The molecule has 2 N–H and O–H groups in total. The summed E-state index contributed by atoms with van der Waals surface area (Å²) in [5.74, 6) is 0.800. The van der Waals surface area contributed by atoms with Gasteiger partial charge in [0.1, 0.15) is 0 Å². The molecule has 1 aromatic heterocycles. The molecule has 1 aromatic carbocycles. The van der Waals surface area contributed by atoms with Gasteiger partial charge in [-0.15, -0.1) is 10.2 Å². The van der Waals surface area contributed by atoms with E-state index in [1.165, 1.54) is 11.1 Å². The monoisotopic (exact) mass is 245 g/mol. The van der Waals surface area contributed by atoms with Gasteiger partial charge in [-0.1, -0.05) is 29.8 Å². The van der Waals surface area contributed by atoms with E-state index < -0.39 is 0 Å². The first kappa shape index (κ1) is 12.7. The van der Waals surface area contributed by atoms with E-state index in [0.717, 1.165) is 31.6 Å². The standard InChI is InChI=1S/C13H19N5/c1-11-4-2-5-12(10-11)6-7-13-15-17-18(16-13)9-3-8-14/h2,4-5,10H,3,6-9,14H2,1H3. The summed E-state index contributed by atoms with van der Waals surface area (Å²) in [5, 5.41) is 12.4. The van der Waals surface area contributed by atoms with Crippen molar-refractivity contribution in [2.75, 3.05) is 6.54 Å². The molecular formula is C13H19N5. The molecule has 2 aromatic rings. The molecule has 0 bridgehead atoms. The third kappa shape index (κ3) is 3.63. The third-order valence-corrected chi connectivity index (χ3v) is 2.78. The Kier molecular flexibility index (Phi) is 4.41. The Bertz CT molecular complexity index is 492. The molecule has 0 atom stereocenters. The highest BCUT2D eigenvalue weighted by atomic mass is 15.6. The van der Waals surface area contributed by atoms with Crippen molar-refractivity contribution in [3.8, 4) is 0 Å². The first-order valence-corrected chi connectivity index (χ1v) is 6.30. The van der Waals surface area contributed by atoms with Crippen molar-refractivity contribution in [1.82, 2.24) is 20.2 Å². The van der Waals surface area contributed by atoms with Crippen LogP contribution < -0.4 is 5.73 Å². The molecule has 0 aliphatic heterocycles. The summed E-state index contributed by atoms with van der Waals surface area (Å²) >= 11 is 0. The van der Waals surface area contributed by atoms with Crippen molar-refractivity contribution in [2.45, 2.75) is 32.7 Å². The Labute approximate surface area is 107 Å². The molecule has 0 radical (unpaired) electrons. The van der Waals surface area contributed by atoms with Crippen molar-refractivity contribution >= 4 is 0 Å². The molecule has 0 amide bonds. The van der Waals surface area contributed by atoms with Crippen LogP contribution in [0.5, 0.6) is 0 Å². The maximum atomic E-state index is 5.44. The van der Waals surface area contributed by atoms with E-state index in [2.05, 4.69) is 46.6 Å². The summed E-state index contributed by atoms with van der Waals surface area (Å²) < 4.78 is 0. The second-order valence-corrected chi connectivity index (χ2v) is 4.43. The van der Waals surface area contributed by atoms with Gasteiger partial charge in [-0.25, -0.2) is 0 Å². The molecule has 18 heavy (non-hydrogen) atoms. The Morgan fingerprint density at radius 3 is 2.94 bits per heavy atom. The van der Waals surface area contributed by atoms with Crippen LogP contribution >= 0.6 is 0 Å². The normalized spacial score (nSPS) is 10.8. The van der Waals surface area contributed by atoms with Crippen LogP contribution in [-0.2, 0) is 19.4 Å². The van der Waals surface area contributed by atoms with Crippen LogP contribution in [-0.4, -0.2) is 26.8 Å². The van der Waals surface area contributed by atoms with Crippen LogP contribution in [0.4, 0.5) is 0 Å². The Morgan fingerprint density at radius 1 is 1.28 bits per heavy atom. The number of hydrogen-bond acceptors (Lipinski definition) is 4. The lowest BCUT2D eigenvalue weighted by molar-refractivity contribution is 0.502. The fourth-order valence-corrected chi connectivity index (χ4v) is 1.83. The van der Waals surface area contributed by atoms with Gasteiger partial charge in [0.2, 0.25) is 0 Å². The summed E-state index contributed by atoms with van der Waals surface area (Å²) in [6.45, 7) is 3.50. The molecule has 5 heteroatoms. The zero-order valence-electron chi connectivity index (χ0n) is 10.7. The summed E-state index contributed by atoms with van der Waals surface area (Å²) in [7, 11) is 0. The lowest BCUT2D eigenvalue weighted by Crippen LogP contribution is -2.08. The summed E-state index contributed by atoms with van der Waals surface area (Å²) in [6, 6.07) is 8.51. The molecule has 1 heterocycles. The maximum Gasteiger partial charge on any atom is 0.175 e. The molecule has 96 valence electrons. The summed E-state index contributed by atoms with van der Waals surface area (Å²) in [4.78, 5) is 1.62. The van der Waals surface area contributed by atoms with Gasteiger partial charge in [-0.05, 0) is 37.1 Å². The van der Waals surface area contributed by atoms with Crippen LogP contribution in [0.25, 0.3) is 0 Å². The first-order valence-electron chi connectivity index (χ1n) is 6.30. The van der Waals surface area contributed by atoms with Gasteiger partial charge >= 0.3 is 0 Å². The van der Waals surface area contributed by atoms with E-state index in [4.69, 9.17) is 5.73 Å². The van der Waals surface area contributed by atoms with Gasteiger partial charge in [0.05, 0.1) is 6.54 Å². The van der Waals surface area contributed by atoms with Gasteiger partial charge in [0.25, 0.3) is 0 Å². The quantitative estimate of drug-likeness (QED) is 0.828. The van der Waals surface area contributed by atoms with Crippen LogP contribution in [0.3, 0.4) is 0 Å². The van der Waals surface area contributed by atoms with Crippen molar-refractivity contribution in [3.05, 3.63) is 41.2 Å². The van der Waals surface area contributed by atoms with E-state index in [1.807, 2.05) is 0 Å². The lowest BCUT2D eigenvalue weighted by atomic mass is 10.1. The van der Waals surface area contributed by atoms with Gasteiger partial charge in [-0.2, -0.15) is 4.80 Å². The third-order valence-electron chi connectivity index (χ3n) is 2.78. The van der Waals surface area contributed by atoms with E-state index in [0.29, 0.717) is 6.54 Å². The van der Waals surface area contributed by atoms with Gasteiger partial charge in [0, 0.05) is 6.42 Å². The van der Waals surface area contributed by atoms with Gasteiger partial charge in [-0.3, -0.25) is 0 Å². The highest BCUT2D eigenvalue weighted by molar-refractivity contribution is 5.22. The van der Waals surface area contributed by atoms with Crippen LogP contribution in [0.1, 0.15) is 23.4 Å². The fourth-order valence-electron chi connectivity index (χ4n) is 1.83. The number of rotatable bonds is 6. The number of nitrogens with two attached hydrogens (primary N) is 1. The van der Waals surface area contributed by atoms with E-state index in [-0.39, 0.29) is 0 Å². The minimum Gasteiger partial charge on any atom is -0.330 e. The average Bonchev–Trinajstić information content (AvgIpc) is 2.82. The topological polar surface area (TPSA) is 69.6 Å². The van der Waals surface area contributed by atoms with Crippen LogP contribution in [0.15, 0.2) is 24.3 Å². The minimum absolute atomic E-state index is 0.653. The molecule has 0 spiro atoms. The lowest BCUT2D eigenvalue weighted by Gasteiger charge is -1.99. The number of nitrogens with zero attached hydrogens (tertiary/aromatic N) is 4. The molecule has 0 aliphatic carbocycles. The summed E-state index contributed by atoms with van der Waals surface area (Å²) in [6.07, 6.45) is 2.66. The predicted octanol–water partition coefficient (Wildman–Crippen LogP) is 1.12.